The Hall–Kier alpha value is -5.63. The van der Waals surface area contributed by atoms with Crippen molar-refractivity contribution < 1.29 is 55.4 Å². The second-order valence-corrected chi connectivity index (χ2v) is 14.7. The van der Waals surface area contributed by atoms with Gasteiger partial charge in [0.05, 0.1) is 52.8 Å². The number of aromatic hydroxyl groups is 1. The van der Waals surface area contributed by atoms with Crippen molar-refractivity contribution in [3.63, 3.8) is 0 Å². The van der Waals surface area contributed by atoms with Crippen molar-refractivity contribution >= 4 is 46.6 Å². The van der Waals surface area contributed by atoms with Crippen LogP contribution < -0.4 is 14.5 Å². The van der Waals surface area contributed by atoms with Crippen LogP contribution in [0.25, 0.3) is 0 Å². The van der Waals surface area contributed by atoms with Crippen molar-refractivity contribution in [3.05, 3.63) is 130 Å². The highest BCUT2D eigenvalue weighted by Gasteiger charge is 2.70. The fraction of sp³-hybridized carbons (Fsp3) is 0.268. The minimum absolute atomic E-state index is 0.0328. The van der Waals surface area contributed by atoms with Gasteiger partial charge >= 0.3 is 12.4 Å². The highest BCUT2D eigenvalue weighted by Crippen LogP contribution is 2.65. The molecule has 2 aliphatic heterocycles. The molecule has 0 unspecified atom stereocenters. The van der Waals surface area contributed by atoms with E-state index in [0.717, 1.165) is 4.90 Å². The van der Waals surface area contributed by atoms with Gasteiger partial charge < -0.3 is 9.84 Å². The van der Waals surface area contributed by atoms with Crippen LogP contribution in [-0.4, -0.2) is 35.8 Å². The number of halogens is 7. The Balaban J connectivity index is 1.33. The maximum atomic E-state index is 15.3. The van der Waals surface area contributed by atoms with Crippen LogP contribution in [0.3, 0.4) is 0 Å². The number of nitrogens with zero attached hydrogens (tertiary/aromatic N) is 2. The van der Waals surface area contributed by atoms with Gasteiger partial charge in [-0.25, -0.2) is 9.80 Å². The third kappa shape index (κ3) is 5.51. The van der Waals surface area contributed by atoms with E-state index >= 15 is 4.79 Å². The van der Waals surface area contributed by atoms with E-state index in [0.29, 0.717) is 33.7 Å². The molecule has 8 nitrogen and oxygen atoms in total. The number of fused-ring (bicyclic) bond motifs is 4. The molecule has 0 spiro atoms. The summed E-state index contributed by atoms with van der Waals surface area (Å²) in [5.41, 5.74) is -4.46. The second kappa shape index (κ2) is 13.0. The first-order valence-corrected chi connectivity index (χ1v) is 17.8. The van der Waals surface area contributed by atoms with Gasteiger partial charge in [-0.15, -0.1) is 0 Å². The molecule has 0 bridgehead atoms. The number of allylic oxidation sites excluding steroid dienone is 2. The Morgan fingerprint density at radius 2 is 1.43 bits per heavy atom. The van der Waals surface area contributed by atoms with Crippen molar-refractivity contribution in [3.8, 4) is 11.5 Å². The molecule has 2 heterocycles. The van der Waals surface area contributed by atoms with Crippen LogP contribution in [0.1, 0.15) is 41.0 Å². The lowest BCUT2D eigenvalue weighted by atomic mass is 9.49. The minimum Gasteiger partial charge on any atom is -0.504 e. The van der Waals surface area contributed by atoms with E-state index in [4.69, 9.17) is 16.3 Å². The van der Waals surface area contributed by atoms with Crippen molar-refractivity contribution in [2.24, 2.45) is 23.7 Å². The van der Waals surface area contributed by atoms with Crippen molar-refractivity contribution in [2.75, 3.05) is 16.9 Å². The number of anilines is 2. The molecular weight excluding hydrogens is 766 g/mol. The molecule has 4 aromatic carbocycles. The van der Waals surface area contributed by atoms with Crippen LogP contribution in [0.2, 0.25) is 5.02 Å². The monoisotopic (exact) mass is 794 g/mol. The third-order valence-electron chi connectivity index (χ3n) is 11.5. The lowest BCUT2D eigenvalue weighted by Crippen LogP contribution is -2.53. The summed E-state index contributed by atoms with van der Waals surface area (Å²) in [6.07, 6.45) is -9.13. The normalized spacial score (nSPS) is 26.2. The van der Waals surface area contributed by atoms with E-state index in [1.54, 1.807) is 60.7 Å². The number of carbonyl (C=O) groups is 4. The number of methoxy groups -OCH3 is 1. The number of benzene rings is 4. The van der Waals surface area contributed by atoms with Gasteiger partial charge in [-0.05, 0) is 78.4 Å². The molecule has 4 amide bonds. The number of amides is 4. The van der Waals surface area contributed by atoms with Gasteiger partial charge in [-0.2, -0.15) is 26.3 Å². The maximum Gasteiger partial charge on any atom is 0.416 e. The highest BCUT2D eigenvalue weighted by atomic mass is 35.5. The number of rotatable bonds is 5. The van der Waals surface area contributed by atoms with Gasteiger partial charge in [-0.3, -0.25) is 19.2 Å². The molecule has 4 aliphatic rings. The minimum atomic E-state index is -5.24. The Kier molecular flexibility index (Phi) is 8.64. The SMILES string of the molecule is COc1cc([C@H]2C3=CC[C@@H]4C(=O)N(c5cc(C(F)(F)F)cc(C(F)(F)F)c5)C(=O)[C@@H]4[C@@H]3C[C@H]3C(=O)N(c4cccc(Cl)c4)C(=O)[C@@]23c2ccccc2)ccc1O. The number of phenols is 1. The molecule has 2 aliphatic carbocycles. The summed E-state index contributed by atoms with van der Waals surface area (Å²) in [4.78, 5) is 60.2. The largest absolute Gasteiger partial charge is 0.504 e. The summed E-state index contributed by atoms with van der Waals surface area (Å²) in [5.74, 6) is -9.21. The Labute approximate surface area is 319 Å². The van der Waals surface area contributed by atoms with E-state index in [9.17, 15) is 45.8 Å². The lowest BCUT2D eigenvalue weighted by molar-refractivity contribution is -0.143. The first-order valence-electron chi connectivity index (χ1n) is 17.4. The molecule has 3 fully saturated rings. The van der Waals surface area contributed by atoms with Crippen LogP contribution in [-0.2, 0) is 36.9 Å². The lowest BCUT2D eigenvalue weighted by Gasteiger charge is -2.50. The molecule has 6 atom stereocenters. The Morgan fingerprint density at radius 1 is 0.750 bits per heavy atom. The zero-order chi connectivity index (χ0) is 40.1. The van der Waals surface area contributed by atoms with Crippen molar-refractivity contribution in [1.29, 1.82) is 0 Å². The highest BCUT2D eigenvalue weighted by molar-refractivity contribution is 6.32. The summed E-state index contributed by atoms with van der Waals surface area (Å²) in [6.45, 7) is 0. The quantitative estimate of drug-likeness (QED) is 0.124. The van der Waals surface area contributed by atoms with E-state index in [1.165, 1.54) is 25.3 Å². The first-order chi connectivity index (χ1) is 26.5. The number of imide groups is 2. The maximum absolute atomic E-state index is 15.3. The predicted octanol–water partition coefficient (Wildman–Crippen LogP) is 8.46. The summed E-state index contributed by atoms with van der Waals surface area (Å²) in [6, 6.07) is 19.7. The Bertz CT molecular complexity index is 2330. The molecule has 288 valence electrons. The molecule has 1 saturated carbocycles. The summed E-state index contributed by atoms with van der Waals surface area (Å²) in [7, 11) is 1.32. The molecule has 0 aromatic heterocycles. The standard InChI is InChI=1S/C41H29ClF6N2O6/c1-56-32-14-20(10-13-31(32)51)34-27-11-12-28-33(37(54)49(35(28)52)26-16-22(40(43,44)45)15-23(17-26)41(46,47)48)29(27)19-30-36(53)50(25-9-5-8-24(42)18-25)38(55)39(30,34)21-6-3-2-4-7-21/h2-11,13-18,28-30,33-34,51H,12,19H2,1H3/t28-,29+,30-,33-,34-,39+/m0/s1. The number of alkyl halides is 6. The van der Waals surface area contributed by atoms with Gasteiger partial charge in [0, 0.05) is 10.9 Å². The number of hydrogen-bond donors (Lipinski definition) is 1. The number of ether oxygens (including phenoxy) is 1. The fourth-order valence-corrected chi connectivity index (χ4v) is 9.50. The van der Waals surface area contributed by atoms with Crippen LogP contribution in [0.15, 0.2) is 103 Å². The summed E-state index contributed by atoms with van der Waals surface area (Å²) >= 11 is 6.32. The van der Waals surface area contributed by atoms with Crippen LogP contribution in [0.5, 0.6) is 11.5 Å². The third-order valence-corrected chi connectivity index (χ3v) is 11.8. The van der Waals surface area contributed by atoms with Gasteiger partial charge in [0.25, 0.3) is 0 Å². The van der Waals surface area contributed by atoms with Gasteiger partial charge in [0.15, 0.2) is 11.5 Å². The van der Waals surface area contributed by atoms with Gasteiger partial charge in [-0.1, -0.05) is 65.7 Å². The molecular formula is C41H29ClF6N2O6. The molecule has 2 saturated heterocycles. The number of carbonyl (C=O) groups excluding carboxylic acids is 4. The Morgan fingerprint density at radius 3 is 2.05 bits per heavy atom. The molecule has 56 heavy (non-hydrogen) atoms. The topological polar surface area (TPSA) is 104 Å². The number of phenolic OH excluding ortho intramolecular Hbond substituents is 1. The van der Waals surface area contributed by atoms with Gasteiger partial charge in [0.2, 0.25) is 23.6 Å². The van der Waals surface area contributed by atoms with Crippen LogP contribution in [0.4, 0.5) is 37.7 Å². The van der Waals surface area contributed by atoms with Crippen molar-refractivity contribution in [1.82, 2.24) is 0 Å². The first kappa shape index (κ1) is 37.3. The fourth-order valence-electron chi connectivity index (χ4n) is 9.31. The van der Waals surface area contributed by atoms with E-state index < -0.39 is 87.8 Å². The van der Waals surface area contributed by atoms with E-state index in [-0.39, 0.29) is 41.1 Å². The zero-order valence-corrected chi connectivity index (χ0v) is 29.8. The number of hydrogen-bond acceptors (Lipinski definition) is 6. The smallest absolute Gasteiger partial charge is 0.416 e. The molecule has 0 radical (unpaired) electrons. The zero-order valence-electron chi connectivity index (χ0n) is 29.1. The second-order valence-electron chi connectivity index (χ2n) is 14.3. The van der Waals surface area contributed by atoms with Gasteiger partial charge in [0.1, 0.15) is 0 Å². The summed E-state index contributed by atoms with van der Waals surface area (Å²) < 4.78 is 88.9. The van der Waals surface area contributed by atoms with Crippen molar-refractivity contribution in [2.45, 2.75) is 36.5 Å². The van der Waals surface area contributed by atoms with E-state index in [2.05, 4.69) is 0 Å². The molecule has 8 rings (SSSR count). The molecule has 4 aromatic rings. The van der Waals surface area contributed by atoms with Crippen LogP contribution >= 0.6 is 11.6 Å². The van der Waals surface area contributed by atoms with E-state index in [1.807, 2.05) is 0 Å². The average molecular weight is 795 g/mol. The average Bonchev–Trinajstić information content (AvgIpc) is 3.55. The molecule has 1 N–H and O–H groups in total. The predicted molar refractivity (Wildman–Crippen MR) is 190 cm³/mol. The van der Waals surface area contributed by atoms with Crippen LogP contribution in [0, 0.1) is 23.7 Å². The molecule has 15 heteroatoms. The summed E-state index contributed by atoms with van der Waals surface area (Å²) in [5, 5.41) is 10.8.